The van der Waals surface area contributed by atoms with E-state index in [1.807, 2.05) is 27.0 Å². The number of carbonyl (C=O) groups is 1. The molecule has 7 heteroatoms. The van der Waals surface area contributed by atoms with E-state index in [1.165, 1.54) is 6.07 Å². The fraction of sp³-hybridized carbons (Fsp3) is 0.357. The van der Waals surface area contributed by atoms with E-state index in [4.69, 9.17) is 16.7 Å². The summed E-state index contributed by atoms with van der Waals surface area (Å²) in [6, 6.07) is 4.78. The summed E-state index contributed by atoms with van der Waals surface area (Å²) in [7, 11) is 0. The molecule has 0 aliphatic heterocycles. The second kappa shape index (κ2) is 5.73. The molecule has 112 valence electrons. The largest absolute Gasteiger partial charge is 0.478 e. The van der Waals surface area contributed by atoms with Crippen molar-refractivity contribution in [1.82, 2.24) is 15.0 Å². The molecule has 2 rings (SSSR count). The molecule has 2 aromatic rings. The molecule has 1 heterocycles. The summed E-state index contributed by atoms with van der Waals surface area (Å²) in [5.74, 6) is -1.05. The van der Waals surface area contributed by atoms with Crippen LogP contribution < -0.4 is 5.32 Å². The highest BCUT2D eigenvalue weighted by Gasteiger charge is 2.15. The zero-order valence-electron chi connectivity index (χ0n) is 12.1. The summed E-state index contributed by atoms with van der Waals surface area (Å²) < 4.78 is 1.79. The van der Waals surface area contributed by atoms with E-state index in [2.05, 4.69) is 15.6 Å². The topological polar surface area (TPSA) is 80.0 Å². The summed E-state index contributed by atoms with van der Waals surface area (Å²) in [5.41, 5.74) is 1.39. The van der Waals surface area contributed by atoms with Crippen LogP contribution in [0.3, 0.4) is 0 Å². The van der Waals surface area contributed by atoms with Gasteiger partial charge < -0.3 is 10.4 Å². The number of rotatable bonds is 4. The fourth-order valence-electron chi connectivity index (χ4n) is 1.70. The van der Waals surface area contributed by atoms with Crippen LogP contribution in [0.5, 0.6) is 0 Å². The molecule has 0 amide bonds. The number of nitrogens with zero attached hydrogens (tertiary/aromatic N) is 3. The lowest BCUT2D eigenvalue weighted by Gasteiger charge is -2.17. The van der Waals surface area contributed by atoms with Gasteiger partial charge in [-0.3, -0.25) is 0 Å². The molecule has 0 saturated carbocycles. The van der Waals surface area contributed by atoms with Gasteiger partial charge in [0.15, 0.2) is 0 Å². The van der Waals surface area contributed by atoms with Crippen molar-refractivity contribution in [2.75, 3.05) is 5.32 Å². The quantitative estimate of drug-likeness (QED) is 0.907. The Morgan fingerprint density at radius 2 is 2.14 bits per heavy atom. The normalized spacial score (nSPS) is 11.4. The van der Waals surface area contributed by atoms with Crippen molar-refractivity contribution >= 4 is 23.3 Å². The van der Waals surface area contributed by atoms with Crippen LogP contribution >= 0.6 is 11.6 Å². The predicted molar refractivity (Wildman–Crippen MR) is 80.8 cm³/mol. The molecule has 21 heavy (non-hydrogen) atoms. The summed E-state index contributed by atoms with van der Waals surface area (Å²) in [4.78, 5) is 11.0. The second-order valence-electron chi connectivity index (χ2n) is 5.68. The lowest BCUT2D eigenvalue weighted by molar-refractivity contribution is 0.0697. The first-order chi connectivity index (χ1) is 9.77. The van der Waals surface area contributed by atoms with E-state index < -0.39 is 5.97 Å². The van der Waals surface area contributed by atoms with Gasteiger partial charge in [-0.1, -0.05) is 16.8 Å². The molecule has 0 spiro atoms. The van der Waals surface area contributed by atoms with Crippen molar-refractivity contribution in [2.45, 2.75) is 32.9 Å². The van der Waals surface area contributed by atoms with Crippen LogP contribution in [-0.4, -0.2) is 26.1 Å². The molecule has 6 nitrogen and oxygen atoms in total. The van der Waals surface area contributed by atoms with Gasteiger partial charge in [-0.25, -0.2) is 9.48 Å². The number of halogens is 1. The van der Waals surface area contributed by atoms with Crippen LogP contribution in [0.4, 0.5) is 5.69 Å². The van der Waals surface area contributed by atoms with Crippen LogP contribution in [0.1, 0.15) is 36.8 Å². The summed E-state index contributed by atoms with van der Waals surface area (Å²) in [6.45, 7) is 6.57. The molecule has 0 radical (unpaired) electrons. The number of carboxylic acids is 1. The molecule has 0 aliphatic carbocycles. The number of anilines is 1. The van der Waals surface area contributed by atoms with Gasteiger partial charge >= 0.3 is 5.97 Å². The summed E-state index contributed by atoms with van der Waals surface area (Å²) >= 11 is 5.83. The minimum Gasteiger partial charge on any atom is -0.478 e. The smallest absolute Gasteiger partial charge is 0.337 e. The van der Waals surface area contributed by atoms with E-state index in [1.54, 1.807) is 16.8 Å². The minimum absolute atomic E-state index is 0.0695. The average molecular weight is 309 g/mol. The molecule has 0 bridgehead atoms. The van der Waals surface area contributed by atoms with Crippen molar-refractivity contribution in [1.29, 1.82) is 0 Å². The van der Waals surface area contributed by atoms with Gasteiger partial charge in [0.05, 0.1) is 28.9 Å². The van der Waals surface area contributed by atoms with E-state index >= 15 is 0 Å². The maximum Gasteiger partial charge on any atom is 0.337 e. The van der Waals surface area contributed by atoms with Crippen LogP contribution in [0, 0.1) is 0 Å². The van der Waals surface area contributed by atoms with Crippen LogP contribution in [0.2, 0.25) is 5.02 Å². The number of benzene rings is 1. The molecular weight excluding hydrogens is 292 g/mol. The van der Waals surface area contributed by atoms with Crippen molar-refractivity contribution in [2.24, 2.45) is 0 Å². The molecule has 0 atom stereocenters. The molecule has 0 unspecified atom stereocenters. The molecule has 1 aromatic heterocycles. The SMILES string of the molecule is CC(C)(C)n1cc(CNc2ccc(Cl)c(C(=O)O)c2)nn1. The molecule has 0 aliphatic rings. The van der Waals surface area contributed by atoms with E-state index in [0.717, 1.165) is 5.69 Å². The average Bonchev–Trinajstić information content (AvgIpc) is 2.86. The third-order valence-corrected chi connectivity index (χ3v) is 3.23. The maximum atomic E-state index is 11.0. The highest BCUT2D eigenvalue weighted by atomic mass is 35.5. The number of hydrogen-bond donors (Lipinski definition) is 2. The van der Waals surface area contributed by atoms with E-state index in [9.17, 15) is 4.79 Å². The van der Waals surface area contributed by atoms with Gasteiger partial charge in [0, 0.05) is 5.69 Å². The van der Waals surface area contributed by atoms with Crippen molar-refractivity contribution in [3.63, 3.8) is 0 Å². The number of nitrogens with one attached hydrogen (secondary N) is 1. The Morgan fingerprint density at radius 1 is 1.43 bits per heavy atom. The number of carboxylic acid groups (broad SMARTS) is 1. The Bertz CT molecular complexity index is 661. The van der Waals surface area contributed by atoms with Crippen LogP contribution in [0.25, 0.3) is 0 Å². The van der Waals surface area contributed by atoms with Gasteiger partial charge in [0.2, 0.25) is 0 Å². The fourth-order valence-corrected chi connectivity index (χ4v) is 1.90. The Labute approximate surface area is 127 Å². The lowest BCUT2D eigenvalue weighted by Crippen LogP contribution is -2.22. The first-order valence-corrected chi connectivity index (χ1v) is 6.83. The van der Waals surface area contributed by atoms with Crippen LogP contribution in [-0.2, 0) is 12.1 Å². The number of hydrogen-bond acceptors (Lipinski definition) is 4. The highest BCUT2D eigenvalue weighted by Crippen LogP contribution is 2.21. The van der Waals surface area contributed by atoms with Gasteiger partial charge in [0.25, 0.3) is 0 Å². The predicted octanol–water partition coefficient (Wildman–Crippen LogP) is 3.00. The molecule has 0 saturated heterocycles. The Balaban J connectivity index is 2.08. The standard InChI is InChI=1S/C14H17ClN4O2/c1-14(2,3)19-8-10(17-18-19)7-16-9-4-5-12(15)11(6-9)13(20)21/h4-6,8,16H,7H2,1-3H3,(H,20,21). The summed E-state index contributed by atoms with van der Waals surface area (Å²) in [5, 5.41) is 20.5. The summed E-state index contributed by atoms with van der Waals surface area (Å²) in [6.07, 6.45) is 1.86. The molecule has 1 aromatic carbocycles. The Kier molecular flexibility index (Phi) is 4.18. The Hall–Kier alpha value is -2.08. The maximum absolute atomic E-state index is 11.0. The zero-order chi connectivity index (χ0) is 15.6. The third kappa shape index (κ3) is 3.72. The molecule has 0 fully saturated rings. The first kappa shape index (κ1) is 15.3. The number of aromatic carboxylic acids is 1. The lowest BCUT2D eigenvalue weighted by atomic mass is 10.1. The minimum atomic E-state index is -1.05. The molecule has 2 N–H and O–H groups in total. The molecular formula is C14H17ClN4O2. The second-order valence-corrected chi connectivity index (χ2v) is 6.09. The first-order valence-electron chi connectivity index (χ1n) is 6.46. The van der Waals surface area contributed by atoms with Gasteiger partial charge in [0.1, 0.15) is 5.69 Å². The van der Waals surface area contributed by atoms with E-state index in [-0.39, 0.29) is 16.1 Å². The van der Waals surface area contributed by atoms with Crippen molar-refractivity contribution in [3.8, 4) is 0 Å². The van der Waals surface area contributed by atoms with Crippen LogP contribution in [0.15, 0.2) is 24.4 Å². The monoisotopic (exact) mass is 308 g/mol. The van der Waals surface area contributed by atoms with E-state index in [0.29, 0.717) is 12.2 Å². The number of aromatic nitrogens is 3. The van der Waals surface area contributed by atoms with Crippen molar-refractivity contribution < 1.29 is 9.90 Å². The van der Waals surface area contributed by atoms with Gasteiger partial charge in [-0.2, -0.15) is 0 Å². The third-order valence-electron chi connectivity index (χ3n) is 2.90. The highest BCUT2D eigenvalue weighted by molar-refractivity contribution is 6.33. The van der Waals surface area contributed by atoms with Gasteiger partial charge in [-0.05, 0) is 39.0 Å². The zero-order valence-corrected chi connectivity index (χ0v) is 12.8. The van der Waals surface area contributed by atoms with Crippen molar-refractivity contribution in [3.05, 3.63) is 40.7 Å². The van der Waals surface area contributed by atoms with Gasteiger partial charge in [-0.15, -0.1) is 5.10 Å². The Morgan fingerprint density at radius 3 is 2.71 bits per heavy atom.